The number of nitrogen functional groups attached to an aromatic ring is 1. The standard InChI is InChI=1S/C16H19N3O/c1-9-6-11-12(8-18-9)13(17)3-4-14(11)19-15-7-10-2-5-16(15)20-10/h3-4,6,8,10,15-16,19H,2,5,7,17H2,1H3. The molecule has 2 aliphatic heterocycles. The Bertz CT molecular complexity index is 670. The van der Waals surface area contributed by atoms with Gasteiger partial charge in [-0.25, -0.2) is 0 Å². The highest BCUT2D eigenvalue weighted by Crippen LogP contribution is 2.37. The Morgan fingerprint density at radius 3 is 2.95 bits per heavy atom. The minimum absolute atomic E-state index is 0.371. The molecule has 4 rings (SSSR count). The lowest BCUT2D eigenvalue weighted by Gasteiger charge is -2.22. The SMILES string of the molecule is Cc1cc2c(NC3CC4CCC3O4)ccc(N)c2cn1. The molecule has 20 heavy (non-hydrogen) atoms. The summed E-state index contributed by atoms with van der Waals surface area (Å²) in [5.41, 5.74) is 8.98. The molecular formula is C16H19N3O. The number of nitrogens with zero attached hydrogens (tertiary/aromatic N) is 1. The molecule has 3 unspecified atom stereocenters. The third-order valence-electron chi connectivity index (χ3n) is 4.52. The van der Waals surface area contributed by atoms with Crippen molar-refractivity contribution < 1.29 is 4.74 Å². The Kier molecular flexibility index (Phi) is 2.60. The van der Waals surface area contributed by atoms with Crippen molar-refractivity contribution in [3.63, 3.8) is 0 Å². The number of fused-ring (bicyclic) bond motifs is 3. The summed E-state index contributed by atoms with van der Waals surface area (Å²) in [5.74, 6) is 0. The molecule has 2 bridgehead atoms. The summed E-state index contributed by atoms with van der Waals surface area (Å²) < 4.78 is 5.92. The van der Waals surface area contributed by atoms with Crippen LogP contribution >= 0.6 is 0 Å². The molecule has 3 heterocycles. The van der Waals surface area contributed by atoms with E-state index < -0.39 is 0 Å². The van der Waals surface area contributed by atoms with Crippen LogP contribution in [-0.4, -0.2) is 23.2 Å². The Morgan fingerprint density at radius 2 is 2.20 bits per heavy atom. The topological polar surface area (TPSA) is 60.2 Å². The lowest BCUT2D eigenvalue weighted by Crippen LogP contribution is -2.30. The van der Waals surface area contributed by atoms with Gasteiger partial charge >= 0.3 is 0 Å². The van der Waals surface area contributed by atoms with Crippen LogP contribution in [0.2, 0.25) is 0 Å². The lowest BCUT2D eigenvalue weighted by atomic mass is 9.95. The first kappa shape index (κ1) is 12.0. The average molecular weight is 269 g/mol. The molecule has 4 nitrogen and oxygen atoms in total. The van der Waals surface area contributed by atoms with Crippen LogP contribution in [0.5, 0.6) is 0 Å². The van der Waals surface area contributed by atoms with Crippen LogP contribution in [0.25, 0.3) is 10.8 Å². The van der Waals surface area contributed by atoms with E-state index in [4.69, 9.17) is 10.5 Å². The van der Waals surface area contributed by atoms with E-state index in [-0.39, 0.29) is 0 Å². The molecule has 0 saturated carbocycles. The number of anilines is 2. The Hall–Kier alpha value is -1.81. The number of benzene rings is 1. The van der Waals surface area contributed by atoms with Gasteiger partial charge in [0.15, 0.2) is 0 Å². The number of aromatic nitrogens is 1. The predicted octanol–water partition coefficient (Wildman–Crippen LogP) is 2.86. The maximum atomic E-state index is 6.05. The molecule has 1 aromatic heterocycles. The first-order chi connectivity index (χ1) is 9.70. The van der Waals surface area contributed by atoms with E-state index >= 15 is 0 Å². The number of nitrogens with two attached hydrogens (primary N) is 1. The fourth-order valence-corrected chi connectivity index (χ4v) is 3.48. The second-order valence-electron chi connectivity index (χ2n) is 5.93. The molecule has 4 heteroatoms. The summed E-state index contributed by atoms with van der Waals surface area (Å²) >= 11 is 0. The monoisotopic (exact) mass is 269 g/mol. The third kappa shape index (κ3) is 1.83. The first-order valence-electron chi connectivity index (χ1n) is 7.27. The fraction of sp³-hybridized carbons (Fsp3) is 0.438. The van der Waals surface area contributed by atoms with Crippen molar-refractivity contribution in [1.29, 1.82) is 0 Å². The Labute approximate surface area is 118 Å². The van der Waals surface area contributed by atoms with Crippen molar-refractivity contribution in [1.82, 2.24) is 4.98 Å². The van der Waals surface area contributed by atoms with Gasteiger partial charge < -0.3 is 15.8 Å². The van der Waals surface area contributed by atoms with Crippen molar-refractivity contribution >= 4 is 22.1 Å². The van der Waals surface area contributed by atoms with Gasteiger partial charge in [0, 0.05) is 34.0 Å². The van der Waals surface area contributed by atoms with Gasteiger partial charge in [-0.3, -0.25) is 4.98 Å². The second kappa shape index (κ2) is 4.35. The number of ether oxygens (including phenoxy) is 1. The van der Waals surface area contributed by atoms with Gasteiger partial charge in [0.05, 0.1) is 18.2 Å². The van der Waals surface area contributed by atoms with Gasteiger partial charge in [0.25, 0.3) is 0 Å². The van der Waals surface area contributed by atoms with Crippen LogP contribution in [-0.2, 0) is 4.74 Å². The highest BCUT2D eigenvalue weighted by atomic mass is 16.5. The molecule has 0 radical (unpaired) electrons. The highest BCUT2D eigenvalue weighted by molar-refractivity contribution is 6.00. The molecule has 2 aliphatic rings. The molecule has 2 fully saturated rings. The molecule has 3 atom stereocenters. The molecule has 0 aliphatic carbocycles. The summed E-state index contributed by atoms with van der Waals surface area (Å²) in [7, 11) is 0. The summed E-state index contributed by atoms with van der Waals surface area (Å²) in [6.07, 6.45) is 6.20. The van der Waals surface area contributed by atoms with Crippen molar-refractivity contribution in [3.05, 3.63) is 30.1 Å². The zero-order valence-electron chi connectivity index (χ0n) is 11.6. The van der Waals surface area contributed by atoms with Gasteiger partial charge in [0.2, 0.25) is 0 Å². The summed E-state index contributed by atoms with van der Waals surface area (Å²) in [6, 6.07) is 6.55. The van der Waals surface area contributed by atoms with Gasteiger partial charge in [-0.15, -0.1) is 0 Å². The van der Waals surface area contributed by atoms with Crippen molar-refractivity contribution in [2.75, 3.05) is 11.1 Å². The Balaban J connectivity index is 1.72. The number of hydrogen-bond acceptors (Lipinski definition) is 4. The number of nitrogens with one attached hydrogen (secondary N) is 1. The molecule has 2 saturated heterocycles. The van der Waals surface area contributed by atoms with E-state index in [1.165, 1.54) is 12.8 Å². The summed E-state index contributed by atoms with van der Waals surface area (Å²) in [4.78, 5) is 4.35. The van der Waals surface area contributed by atoms with E-state index in [1.807, 2.05) is 19.2 Å². The molecule has 1 aromatic carbocycles. The molecule has 2 aromatic rings. The normalized spacial score (nSPS) is 28.1. The van der Waals surface area contributed by atoms with Crippen molar-refractivity contribution in [2.24, 2.45) is 0 Å². The minimum atomic E-state index is 0.371. The number of aryl methyl sites for hydroxylation is 1. The molecule has 104 valence electrons. The number of hydrogen-bond donors (Lipinski definition) is 2. The van der Waals surface area contributed by atoms with Crippen molar-refractivity contribution in [3.8, 4) is 0 Å². The smallest absolute Gasteiger partial charge is 0.0781 e. The van der Waals surface area contributed by atoms with Crippen LogP contribution < -0.4 is 11.1 Å². The van der Waals surface area contributed by atoms with Gasteiger partial charge in [-0.05, 0) is 44.4 Å². The molecule has 0 spiro atoms. The van der Waals surface area contributed by atoms with Crippen molar-refractivity contribution in [2.45, 2.75) is 44.4 Å². The lowest BCUT2D eigenvalue weighted by molar-refractivity contribution is 0.102. The Morgan fingerprint density at radius 1 is 1.30 bits per heavy atom. The van der Waals surface area contributed by atoms with Crippen LogP contribution in [0.15, 0.2) is 24.4 Å². The van der Waals surface area contributed by atoms with Gasteiger partial charge in [-0.1, -0.05) is 0 Å². The van der Waals surface area contributed by atoms with Crippen LogP contribution in [0, 0.1) is 6.92 Å². The maximum Gasteiger partial charge on any atom is 0.0781 e. The summed E-state index contributed by atoms with van der Waals surface area (Å²) in [6.45, 7) is 2.01. The predicted molar refractivity (Wildman–Crippen MR) is 80.8 cm³/mol. The van der Waals surface area contributed by atoms with E-state index in [2.05, 4.69) is 22.4 Å². The fourth-order valence-electron chi connectivity index (χ4n) is 3.48. The average Bonchev–Trinajstić information content (AvgIpc) is 3.04. The third-order valence-corrected chi connectivity index (χ3v) is 4.52. The summed E-state index contributed by atoms with van der Waals surface area (Å²) in [5, 5.41) is 5.83. The zero-order chi connectivity index (χ0) is 13.7. The van der Waals surface area contributed by atoms with E-state index in [9.17, 15) is 0 Å². The zero-order valence-corrected chi connectivity index (χ0v) is 11.6. The van der Waals surface area contributed by atoms with Gasteiger partial charge in [-0.2, -0.15) is 0 Å². The van der Waals surface area contributed by atoms with Gasteiger partial charge in [0.1, 0.15) is 0 Å². The van der Waals surface area contributed by atoms with Crippen LogP contribution in [0.3, 0.4) is 0 Å². The second-order valence-corrected chi connectivity index (χ2v) is 5.93. The van der Waals surface area contributed by atoms with Crippen LogP contribution in [0.4, 0.5) is 11.4 Å². The van der Waals surface area contributed by atoms with Crippen LogP contribution in [0.1, 0.15) is 25.0 Å². The number of pyridine rings is 1. The molecular weight excluding hydrogens is 250 g/mol. The minimum Gasteiger partial charge on any atom is -0.398 e. The number of rotatable bonds is 2. The van der Waals surface area contributed by atoms with E-state index in [0.29, 0.717) is 18.2 Å². The maximum absolute atomic E-state index is 6.05. The van der Waals surface area contributed by atoms with E-state index in [0.717, 1.165) is 34.3 Å². The molecule has 3 N–H and O–H groups in total. The van der Waals surface area contributed by atoms with E-state index in [1.54, 1.807) is 0 Å². The quantitative estimate of drug-likeness (QED) is 0.823. The highest BCUT2D eigenvalue weighted by Gasteiger charge is 2.40. The largest absolute Gasteiger partial charge is 0.398 e. The molecule has 0 amide bonds. The first-order valence-corrected chi connectivity index (χ1v) is 7.27.